The summed E-state index contributed by atoms with van der Waals surface area (Å²) in [7, 11) is 0. The molecule has 0 radical (unpaired) electrons. The lowest BCUT2D eigenvalue weighted by molar-refractivity contribution is -0.136. The molecule has 0 bridgehead atoms. The Morgan fingerprint density at radius 3 is 2.32 bits per heavy atom. The number of hydrogen-bond donors (Lipinski definition) is 2. The number of anilines is 1. The van der Waals surface area contributed by atoms with Crippen LogP contribution in [0, 0.1) is 0 Å². The lowest BCUT2D eigenvalue weighted by atomic mass is 10.1. The molecule has 0 aliphatic carbocycles. The molecule has 1 heterocycles. The molecule has 7 nitrogen and oxygen atoms in total. The van der Waals surface area contributed by atoms with Crippen molar-refractivity contribution in [2.45, 2.75) is 13.3 Å². The molecule has 1 aliphatic heterocycles. The molecule has 31 heavy (non-hydrogen) atoms. The van der Waals surface area contributed by atoms with Crippen LogP contribution < -0.4 is 10.6 Å². The Labute approximate surface area is 190 Å². The SMILES string of the molecule is CCc1ccc(NC(=O)C(=O)NCCN2CCN(C(=O)c3cccc(Br)c3)CC2)cc1. The molecule has 0 spiro atoms. The van der Waals surface area contributed by atoms with Gasteiger partial charge < -0.3 is 15.5 Å². The number of hydrogen-bond acceptors (Lipinski definition) is 4. The molecule has 164 valence electrons. The van der Waals surface area contributed by atoms with E-state index < -0.39 is 11.8 Å². The number of aryl methyl sites for hydroxylation is 1. The second-order valence-corrected chi connectivity index (χ2v) is 8.32. The normalized spacial score (nSPS) is 14.2. The summed E-state index contributed by atoms with van der Waals surface area (Å²) in [5.74, 6) is -1.30. The summed E-state index contributed by atoms with van der Waals surface area (Å²) >= 11 is 3.40. The summed E-state index contributed by atoms with van der Waals surface area (Å²) in [5.41, 5.74) is 2.44. The van der Waals surface area contributed by atoms with E-state index in [2.05, 4.69) is 38.4 Å². The molecule has 8 heteroatoms. The van der Waals surface area contributed by atoms with Gasteiger partial charge in [0.05, 0.1) is 0 Å². The van der Waals surface area contributed by atoms with Crippen LogP contribution in [0.5, 0.6) is 0 Å². The van der Waals surface area contributed by atoms with E-state index in [0.717, 1.165) is 24.0 Å². The Kier molecular flexibility index (Phi) is 8.20. The molecule has 1 aliphatic rings. The Bertz CT molecular complexity index is 925. The van der Waals surface area contributed by atoms with Gasteiger partial charge >= 0.3 is 11.8 Å². The van der Waals surface area contributed by atoms with Gasteiger partial charge in [-0.25, -0.2) is 0 Å². The fourth-order valence-electron chi connectivity index (χ4n) is 3.40. The van der Waals surface area contributed by atoms with Gasteiger partial charge in [-0.3, -0.25) is 19.3 Å². The number of nitrogens with one attached hydrogen (secondary N) is 2. The minimum Gasteiger partial charge on any atom is -0.347 e. The van der Waals surface area contributed by atoms with Gasteiger partial charge in [0.15, 0.2) is 0 Å². The van der Waals surface area contributed by atoms with Crippen LogP contribution in [0.3, 0.4) is 0 Å². The summed E-state index contributed by atoms with van der Waals surface area (Å²) < 4.78 is 0.884. The summed E-state index contributed by atoms with van der Waals surface area (Å²) in [6.07, 6.45) is 0.918. The number of benzene rings is 2. The van der Waals surface area contributed by atoms with Gasteiger partial charge in [-0.15, -0.1) is 0 Å². The van der Waals surface area contributed by atoms with E-state index in [9.17, 15) is 14.4 Å². The van der Waals surface area contributed by atoms with Crippen molar-refractivity contribution in [3.63, 3.8) is 0 Å². The minimum absolute atomic E-state index is 0.0258. The monoisotopic (exact) mass is 486 g/mol. The first-order valence-electron chi connectivity index (χ1n) is 10.4. The fraction of sp³-hybridized carbons (Fsp3) is 0.348. The molecular weight excluding hydrogens is 460 g/mol. The molecule has 1 fully saturated rings. The predicted molar refractivity (Wildman–Crippen MR) is 124 cm³/mol. The third kappa shape index (κ3) is 6.63. The van der Waals surface area contributed by atoms with E-state index >= 15 is 0 Å². The Balaban J connectivity index is 1.37. The summed E-state index contributed by atoms with van der Waals surface area (Å²) in [6, 6.07) is 14.8. The van der Waals surface area contributed by atoms with Crippen LogP contribution >= 0.6 is 15.9 Å². The third-order valence-electron chi connectivity index (χ3n) is 5.27. The van der Waals surface area contributed by atoms with E-state index in [1.807, 2.05) is 41.3 Å². The van der Waals surface area contributed by atoms with Gasteiger partial charge in [-0.05, 0) is 42.3 Å². The van der Waals surface area contributed by atoms with Gasteiger partial charge in [0.1, 0.15) is 0 Å². The van der Waals surface area contributed by atoms with Crippen molar-refractivity contribution in [2.24, 2.45) is 0 Å². The maximum absolute atomic E-state index is 12.6. The number of piperazine rings is 1. The maximum Gasteiger partial charge on any atom is 0.313 e. The van der Waals surface area contributed by atoms with Crippen LogP contribution in [0.2, 0.25) is 0 Å². The van der Waals surface area contributed by atoms with E-state index in [1.54, 1.807) is 12.1 Å². The highest BCUT2D eigenvalue weighted by Gasteiger charge is 2.22. The highest BCUT2D eigenvalue weighted by molar-refractivity contribution is 9.10. The van der Waals surface area contributed by atoms with Crippen LogP contribution in [0.15, 0.2) is 53.0 Å². The van der Waals surface area contributed by atoms with E-state index in [-0.39, 0.29) is 5.91 Å². The van der Waals surface area contributed by atoms with Crippen molar-refractivity contribution in [1.82, 2.24) is 15.1 Å². The second-order valence-electron chi connectivity index (χ2n) is 7.40. The first-order valence-corrected chi connectivity index (χ1v) is 11.2. The van der Waals surface area contributed by atoms with Crippen molar-refractivity contribution in [1.29, 1.82) is 0 Å². The zero-order valence-corrected chi connectivity index (χ0v) is 19.2. The van der Waals surface area contributed by atoms with Crippen LogP contribution in [-0.2, 0) is 16.0 Å². The lowest BCUT2D eigenvalue weighted by Gasteiger charge is -2.34. The molecular formula is C23H27BrN4O3. The standard InChI is InChI=1S/C23H27BrN4O3/c1-2-17-6-8-20(9-7-17)26-22(30)21(29)25-10-11-27-12-14-28(15-13-27)23(31)18-4-3-5-19(24)16-18/h3-9,16H,2,10-15H2,1H3,(H,25,29)(H,26,30). The number of carbonyl (C=O) groups is 3. The number of rotatable bonds is 6. The quantitative estimate of drug-likeness (QED) is 0.614. The van der Waals surface area contributed by atoms with Gasteiger partial charge in [0, 0.05) is 55.0 Å². The summed E-state index contributed by atoms with van der Waals surface area (Å²) in [4.78, 5) is 40.7. The molecule has 0 unspecified atom stereocenters. The fourth-order valence-corrected chi connectivity index (χ4v) is 3.80. The minimum atomic E-state index is -0.673. The highest BCUT2D eigenvalue weighted by atomic mass is 79.9. The smallest absolute Gasteiger partial charge is 0.313 e. The molecule has 1 saturated heterocycles. The van der Waals surface area contributed by atoms with Crippen LogP contribution in [-0.4, -0.2) is 66.8 Å². The summed E-state index contributed by atoms with van der Waals surface area (Å²) in [5, 5.41) is 5.27. The number of halogens is 1. The second kappa shape index (κ2) is 11.1. The van der Waals surface area contributed by atoms with E-state index in [1.165, 1.54) is 5.56 Å². The number of nitrogens with zero attached hydrogens (tertiary/aromatic N) is 2. The van der Waals surface area contributed by atoms with Crippen molar-refractivity contribution >= 4 is 39.3 Å². The zero-order chi connectivity index (χ0) is 22.2. The first-order chi connectivity index (χ1) is 15.0. The van der Waals surface area contributed by atoms with Gasteiger partial charge in [0.2, 0.25) is 0 Å². The van der Waals surface area contributed by atoms with E-state index in [0.29, 0.717) is 37.4 Å². The Morgan fingerprint density at radius 2 is 1.68 bits per heavy atom. The van der Waals surface area contributed by atoms with Crippen molar-refractivity contribution in [2.75, 3.05) is 44.6 Å². The first kappa shape index (κ1) is 23.0. The molecule has 3 rings (SSSR count). The third-order valence-corrected chi connectivity index (χ3v) is 5.76. The molecule has 3 amide bonds. The molecule has 2 aromatic carbocycles. The van der Waals surface area contributed by atoms with Crippen LogP contribution in [0.25, 0.3) is 0 Å². The molecule has 0 atom stereocenters. The predicted octanol–water partition coefficient (Wildman–Crippen LogP) is 2.52. The van der Waals surface area contributed by atoms with Crippen molar-refractivity contribution in [3.05, 3.63) is 64.1 Å². The Hall–Kier alpha value is -2.71. The number of amides is 3. The lowest BCUT2D eigenvalue weighted by Crippen LogP contribution is -2.50. The average molecular weight is 487 g/mol. The van der Waals surface area contributed by atoms with Crippen molar-refractivity contribution in [3.8, 4) is 0 Å². The zero-order valence-electron chi connectivity index (χ0n) is 17.6. The average Bonchev–Trinajstić information content (AvgIpc) is 2.79. The molecule has 0 aromatic heterocycles. The largest absolute Gasteiger partial charge is 0.347 e. The topological polar surface area (TPSA) is 81.8 Å². The molecule has 0 saturated carbocycles. The van der Waals surface area contributed by atoms with Crippen LogP contribution in [0.1, 0.15) is 22.8 Å². The van der Waals surface area contributed by atoms with Gasteiger partial charge in [0.25, 0.3) is 5.91 Å². The van der Waals surface area contributed by atoms with Gasteiger partial charge in [-0.1, -0.05) is 41.1 Å². The highest BCUT2D eigenvalue weighted by Crippen LogP contribution is 2.15. The van der Waals surface area contributed by atoms with Gasteiger partial charge in [-0.2, -0.15) is 0 Å². The van der Waals surface area contributed by atoms with Crippen molar-refractivity contribution < 1.29 is 14.4 Å². The maximum atomic E-state index is 12.6. The van der Waals surface area contributed by atoms with Crippen LogP contribution in [0.4, 0.5) is 5.69 Å². The molecule has 2 aromatic rings. The molecule has 2 N–H and O–H groups in total. The Morgan fingerprint density at radius 1 is 0.968 bits per heavy atom. The summed E-state index contributed by atoms with van der Waals surface area (Å²) in [6.45, 7) is 5.78. The number of carbonyl (C=O) groups excluding carboxylic acids is 3. The van der Waals surface area contributed by atoms with E-state index in [4.69, 9.17) is 0 Å².